The Balaban J connectivity index is 2.01. The molecule has 0 aliphatic carbocycles. The molecule has 4 rings (SSSR count). The summed E-state index contributed by atoms with van der Waals surface area (Å²) in [5.41, 5.74) is 4.74. The van der Waals surface area contributed by atoms with Crippen molar-refractivity contribution in [2.75, 3.05) is 6.54 Å². The maximum atomic E-state index is 13.1. The summed E-state index contributed by atoms with van der Waals surface area (Å²) < 4.78 is 0. The first-order valence-electron chi connectivity index (χ1n) is 8.49. The Labute approximate surface area is 141 Å². The highest BCUT2D eigenvalue weighted by atomic mass is 32.1. The Morgan fingerprint density at radius 2 is 2.09 bits per heavy atom. The third kappa shape index (κ3) is 1.74. The van der Waals surface area contributed by atoms with Crippen molar-refractivity contribution in [2.24, 2.45) is 5.92 Å². The standard InChI is InChI=1S/C20H22NOS/c1-4-15-13(3)20(5-2)17-9-7-6-8-16(17)19(22)21(20)12-14-10-11-23-18(14)15/h6-11,13H,4-5,12H2,1-3H3/q+1/t13-,20+/m0/s1. The molecule has 0 radical (unpaired) electrons. The zero-order valence-corrected chi connectivity index (χ0v) is 14.7. The molecule has 1 amide bonds. The molecule has 0 saturated carbocycles. The maximum Gasteiger partial charge on any atom is 0.255 e. The molecule has 0 aromatic heterocycles. The van der Waals surface area contributed by atoms with Crippen LogP contribution in [0.25, 0.3) is 0 Å². The number of allylic oxidation sites excluding steroid dienone is 1. The lowest BCUT2D eigenvalue weighted by atomic mass is 9.73. The van der Waals surface area contributed by atoms with E-state index in [0.29, 0.717) is 5.92 Å². The molecule has 23 heavy (non-hydrogen) atoms. The average Bonchev–Trinajstić information content (AvgIpc) is 3.09. The van der Waals surface area contributed by atoms with Crippen molar-refractivity contribution in [1.29, 1.82) is 0 Å². The molecule has 0 unspecified atom stereocenters. The van der Waals surface area contributed by atoms with E-state index in [4.69, 9.17) is 0 Å². The van der Waals surface area contributed by atoms with Crippen LogP contribution >= 0.6 is 0 Å². The minimum absolute atomic E-state index is 0.197. The summed E-state index contributed by atoms with van der Waals surface area (Å²) in [4.78, 5) is 16.7. The molecular weight excluding hydrogens is 302 g/mol. The van der Waals surface area contributed by atoms with E-state index in [1.165, 1.54) is 21.6 Å². The molecule has 1 aromatic carbocycles. The fourth-order valence-corrected chi connectivity index (χ4v) is 5.88. The fraction of sp³-hybridized carbons (Fsp3) is 0.400. The van der Waals surface area contributed by atoms with Crippen LogP contribution in [-0.4, -0.2) is 22.7 Å². The van der Waals surface area contributed by atoms with Gasteiger partial charge < -0.3 is 4.90 Å². The first kappa shape index (κ1) is 14.8. The quantitative estimate of drug-likeness (QED) is 0.597. The van der Waals surface area contributed by atoms with Crippen molar-refractivity contribution in [3.63, 3.8) is 0 Å². The number of carbonyl (C=O) groups is 1. The monoisotopic (exact) mass is 324 g/mol. The van der Waals surface area contributed by atoms with Gasteiger partial charge in [-0.1, -0.05) is 39.0 Å². The fourth-order valence-electron chi connectivity index (χ4n) is 4.75. The predicted octanol–water partition coefficient (Wildman–Crippen LogP) is 3.89. The van der Waals surface area contributed by atoms with Gasteiger partial charge in [-0.05, 0) is 24.5 Å². The summed E-state index contributed by atoms with van der Waals surface area (Å²) in [6.45, 7) is 7.52. The third-order valence-electron chi connectivity index (χ3n) is 5.88. The van der Waals surface area contributed by atoms with Gasteiger partial charge in [0.2, 0.25) is 16.3 Å². The van der Waals surface area contributed by atoms with Crippen LogP contribution in [0.1, 0.15) is 49.5 Å². The van der Waals surface area contributed by atoms with Crippen molar-refractivity contribution in [3.05, 3.63) is 57.5 Å². The van der Waals surface area contributed by atoms with E-state index in [9.17, 15) is 4.79 Å². The lowest BCUT2D eigenvalue weighted by Gasteiger charge is -2.42. The first-order valence-corrected chi connectivity index (χ1v) is 9.37. The predicted molar refractivity (Wildman–Crippen MR) is 97.4 cm³/mol. The second-order valence-corrected chi connectivity index (χ2v) is 7.51. The number of nitrogens with zero attached hydrogens (tertiary/aromatic N) is 1. The van der Waals surface area contributed by atoms with E-state index in [1.54, 1.807) is 0 Å². The van der Waals surface area contributed by atoms with Gasteiger partial charge in [0.25, 0.3) is 5.91 Å². The normalized spacial score (nSPS) is 28.5. The summed E-state index contributed by atoms with van der Waals surface area (Å²) in [5.74, 6) is 0.536. The van der Waals surface area contributed by atoms with Gasteiger partial charge in [-0.3, -0.25) is 4.79 Å². The molecule has 2 nitrogen and oxygen atoms in total. The van der Waals surface area contributed by atoms with Crippen LogP contribution in [0, 0.1) is 5.92 Å². The Bertz CT molecular complexity index is 789. The molecule has 2 atom stereocenters. The highest BCUT2D eigenvalue weighted by Crippen LogP contribution is 2.52. The van der Waals surface area contributed by atoms with Gasteiger partial charge in [-0.15, -0.1) is 0 Å². The molecule has 0 bridgehead atoms. The van der Waals surface area contributed by atoms with E-state index >= 15 is 0 Å². The first-order chi connectivity index (χ1) is 11.1. The summed E-state index contributed by atoms with van der Waals surface area (Å²) in [6, 6.07) is 8.22. The highest BCUT2D eigenvalue weighted by Gasteiger charge is 2.55. The maximum absolute atomic E-state index is 13.1. The van der Waals surface area contributed by atoms with Crippen molar-refractivity contribution in [2.45, 2.75) is 39.2 Å². The number of benzene rings is 1. The van der Waals surface area contributed by atoms with Gasteiger partial charge in [0, 0.05) is 28.7 Å². The van der Waals surface area contributed by atoms with E-state index in [-0.39, 0.29) is 11.4 Å². The molecule has 3 aliphatic rings. The van der Waals surface area contributed by atoms with E-state index in [1.807, 2.05) is 23.5 Å². The minimum atomic E-state index is -0.197. The second kappa shape index (κ2) is 5.13. The molecule has 0 fully saturated rings. The van der Waals surface area contributed by atoms with Gasteiger partial charge >= 0.3 is 0 Å². The van der Waals surface area contributed by atoms with Crippen LogP contribution in [0.3, 0.4) is 0 Å². The summed E-state index contributed by atoms with van der Waals surface area (Å²) in [6.07, 6.45) is 4.19. The van der Waals surface area contributed by atoms with Gasteiger partial charge in [-0.2, -0.15) is 0 Å². The molecule has 3 aliphatic heterocycles. The van der Waals surface area contributed by atoms with Crippen molar-refractivity contribution >= 4 is 22.6 Å². The largest absolute Gasteiger partial charge is 0.324 e. The van der Waals surface area contributed by atoms with Crippen LogP contribution in [0.15, 0.2) is 46.4 Å². The van der Waals surface area contributed by atoms with E-state index in [0.717, 1.165) is 24.9 Å². The topological polar surface area (TPSA) is 20.3 Å². The molecule has 0 spiro atoms. The lowest BCUT2D eigenvalue weighted by molar-refractivity contribution is 0.0456. The van der Waals surface area contributed by atoms with Crippen molar-refractivity contribution in [1.82, 2.24) is 4.90 Å². The SMILES string of the molecule is CCC1=C2[S+]=CC=C2CN2C(=O)c3ccccc3[C@@]2(CC)[C@H]1C. The van der Waals surface area contributed by atoms with Gasteiger partial charge in [0.15, 0.2) is 5.37 Å². The number of fused-ring (bicyclic) bond motifs is 4. The van der Waals surface area contributed by atoms with E-state index in [2.05, 4.69) is 49.2 Å². The minimum Gasteiger partial charge on any atom is -0.324 e. The molecule has 0 saturated heterocycles. The van der Waals surface area contributed by atoms with Crippen LogP contribution < -0.4 is 0 Å². The Morgan fingerprint density at radius 3 is 2.83 bits per heavy atom. The highest BCUT2D eigenvalue weighted by molar-refractivity contribution is 7.82. The summed E-state index contributed by atoms with van der Waals surface area (Å²) in [7, 11) is 0. The van der Waals surface area contributed by atoms with Crippen LogP contribution in [0.4, 0.5) is 0 Å². The van der Waals surface area contributed by atoms with Crippen LogP contribution in [-0.2, 0) is 16.9 Å². The molecule has 3 heteroatoms. The average molecular weight is 324 g/mol. The number of amides is 1. The summed E-state index contributed by atoms with van der Waals surface area (Å²) >= 11 is 1.83. The van der Waals surface area contributed by atoms with Crippen LogP contribution in [0.2, 0.25) is 0 Å². The summed E-state index contributed by atoms with van der Waals surface area (Å²) in [5, 5.41) is 2.17. The Kier molecular flexibility index (Phi) is 3.31. The lowest BCUT2D eigenvalue weighted by Crippen LogP contribution is -2.48. The smallest absolute Gasteiger partial charge is 0.255 e. The Hall–Kier alpha value is -1.74. The Morgan fingerprint density at radius 1 is 1.30 bits per heavy atom. The van der Waals surface area contributed by atoms with Crippen LogP contribution in [0.5, 0.6) is 0 Å². The number of carbonyl (C=O) groups excluding carboxylic acids is 1. The molecular formula is C20H22NOS+. The zero-order valence-electron chi connectivity index (χ0n) is 13.9. The number of hydrogen-bond donors (Lipinski definition) is 0. The number of rotatable bonds is 2. The molecule has 118 valence electrons. The van der Waals surface area contributed by atoms with Gasteiger partial charge in [-0.25, -0.2) is 0 Å². The molecule has 3 heterocycles. The van der Waals surface area contributed by atoms with Gasteiger partial charge in [0.05, 0.1) is 12.1 Å². The van der Waals surface area contributed by atoms with Crippen molar-refractivity contribution < 1.29 is 4.79 Å². The van der Waals surface area contributed by atoms with E-state index < -0.39 is 0 Å². The van der Waals surface area contributed by atoms with Gasteiger partial charge in [0.1, 0.15) is 0 Å². The van der Waals surface area contributed by atoms with Crippen molar-refractivity contribution in [3.8, 4) is 0 Å². The molecule has 1 aromatic rings. The molecule has 0 N–H and O–H groups in total. The zero-order chi connectivity index (χ0) is 16.2. The number of hydrogen-bond acceptors (Lipinski definition) is 1. The third-order valence-corrected chi connectivity index (χ3v) is 6.91. The second-order valence-electron chi connectivity index (χ2n) is 6.59.